The number of carboxylic acid groups (broad SMARTS) is 2. The number of H-pyrrole nitrogens is 1. The van der Waals surface area contributed by atoms with E-state index in [9.17, 15) is 4.79 Å². The lowest BCUT2D eigenvalue weighted by atomic mass is 9.86. The molecule has 0 radical (unpaired) electrons. The van der Waals surface area contributed by atoms with Gasteiger partial charge in [-0.05, 0) is 23.0 Å². The maximum absolute atomic E-state index is 12.4. The first kappa shape index (κ1) is 22.1. The molecular formula is C21H27N3O5. The SMILES string of the molecule is CC(C)(C)c1ccc(CCC(=O)N2CCc3nc[nH]c3C2)cc1.O=C(O)C(=O)O. The Kier molecular flexibility index (Phi) is 7.14. The number of carboxylic acids is 2. The topological polar surface area (TPSA) is 124 Å². The van der Waals surface area contributed by atoms with Crippen LogP contribution in [0.25, 0.3) is 0 Å². The first-order valence-corrected chi connectivity index (χ1v) is 9.42. The zero-order valence-corrected chi connectivity index (χ0v) is 16.9. The Hall–Kier alpha value is -3.16. The normalized spacial score (nSPS) is 13.1. The van der Waals surface area contributed by atoms with Crippen LogP contribution in [0.5, 0.6) is 0 Å². The highest BCUT2D eigenvalue weighted by Gasteiger charge is 2.22. The van der Waals surface area contributed by atoms with Crippen molar-refractivity contribution in [2.45, 2.75) is 52.0 Å². The van der Waals surface area contributed by atoms with Gasteiger partial charge in [0.25, 0.3) is 0 Å². The summed E-state index contributed by atoms with van der Waals surface area (Å²) in [6, 6.07) is 8.66. The van der Waals surface area contributed by atoms with Crippen molar-refractivity contribution in [2.24, 2.45) is 0 Å². The number of hydrogen-bond acceptors (Lipinski definition) is 4. The van der Waals surface area contributed by atoms with Gasteiger partial charge in [0.1, 0.15) is 0 Å². The number of carbonyl (C=O) groups excluding carboxylic acids is 1. The number of fused-ring (bicyclic) bond motifs is 1. The summed E-state index contributed by atoms with van der Waals surface area (Å²) in [5.74, 6) is -3.42. The lowest BCUT2D eigenvalue weighted by Crippen LogP contribution is -2.36. The zero-order valence-electron chi connectivity index (χ0n) is 16.9. The van der Waals surface area contributed by atoms with Gasteiger partial charge in [0.15, 0.2) is 0 Å². The molecule has 0 fully saturated rings. The molecule has 0 saturated carbocycles. The molecule has 0 spiro atoms. The monoisotopic (exact) mass is 401 g/mol. The number of benzene rings is 1. The van der Waals surface area contributed by atoms with Crippen LogP contribution in [-0.2, 0) is 39.2 Å². The van der Waals surface area contributed by atoms with E-state index in [0.717, 1.165) is 30.8 Å². The molecule has 156 valence electrons. The summed E-state index contributed by atoms with van der Waals surface area (Å²) in [5.41, 5.74) is 4.91. The van der Waals surface area contributed by atoms with Gasteiger partial charge in [-0.25, -0.2) is 14.6 Å². The second kappa shape index (κ2) is 9.36. The van der Waals surface area contributed by atoms with Gasteiger partial charge in [0, 0.05) is 19.4 Å². The molecule has 8 nitrogen and oxygen atoms in total. The van der Waals surface area contributed by atoms with E-state index in [2.05, 4.69) is 55.0 Å². The Morgan fingerprint density at radius 3 is 2.28 bits per heavy atom. The predicted molar refractivity (Wildman–Crippen MR) is 106 cm³/mol. The van der Waals surface area contributed by atoms with E-state index in [0.29, 0.717) is 13.0 Å². The first-order valence-electron chi connectivity index (χ1n) is 9.42. The number of aromatic amines is 1. The summed E-state index contributed by atoms with van der Waals surface area (Å²) < 4.78 is 0. The van der Waals surface area contributed by atoms with Gasteiger partial charge in [-0.2, -0.15) is 0 Å². The number of rotatable bonds is 3. The number of amides is 1. The number of hydrogen-bond donors (Lipinski definition) is 3. The largest absolute Gasteiger partial charge is 0.473 e. The molecule has 0 aliphatic carbocycles. The average Bonchev–Trinajstić information content (AvgIpc) is 3.14. The molecule has 1 aliphatic rings. The van der Waals surface area contributed by atoms with Gasteiger partial charge in [-0.15, -0.1) is 0 Å². The number of aromatic nitrogens is 2. The predicted octanol–water partition coefficient (Wildman–Crippen LogP) is 2.38. The maximum Gasteiger partial charge on any atom is 0.414 e. The fraction of sp³-hybridized carbons (Fsp3) is 0.429. The minimum atomic E-state index is -1.82. The van der Waals surface area contributed by atoms with Crippen molar-refractivity contribution in [3.8, 4) is 0 Å². The smallest absolute Gasteiger partial charge is 0.414 e. The number of nitrogens with one attached hydrogen (secondary N) is 1. The Morgan fingerprint density at radius 2 is 1.72 bits per heavy atom. The van der Waals surface area contributed by atoms with Crippen molar-refractivity contribution < 1.29 is 24.6 Å². The van der Waals surface area contributed by atoms with Gasteiger partial charge >= 0.3 is 11.9 Å². The summed E-state index contributed by atoms with van der Waals surface area (Å²) >= 11 is 0. The maximum atomic E-state index is 12.4. The third kappa shape index (κ3) is 6.44. The number of imidazole rings is 1. The summed E-state index contributed by atoms with van der Waals surface area (Å²) in [5, 5.41) is 14.8. The van der Waals surface area contributed by atoms with Crippen molar-refractivity contribution in [3.63, 3.8) is 0 Å². The molecule has 3 N–H and O–H groups in total. The molecule has 0 bridgehead atoms. The van der Waals surface area contributed by atoms with Crippen molar-refractivity contribution >= 4 is 17.8 Å². The first-order chi connectivity index (χ1) is 13.6. The second-order valence-electron chi connectivity index (χ2n) is 7.95. The van der Waals surface area contributed by atoms with Crippen molar-refractivity contribution in [2.75, 3.05) is 6.54 Å². The molecule has 1 aliphatic heterocycles. The molecule has 8 heteroatoms. The summed E-state index contributed by atoms with van der Waals surface area (Å²) in [4.78, 5) is 40.0. The molecule has 29 heavy (non-hydrogen) atoms. The summed E-state index contributed by atoms with van der Waals surface area (Å²) in [7, 11) is 0. The molecule has 0 unspecified atom stereocenters. The fourth-order valence-corrected chi connectivity index (χ4v) is 3.01. The molecule has 1 aromatic heterocycles. The third-order valence-electron chi connectivity index (χ3n) is 4.76. The van der Waals surface area contributed by atoms with Crippen LogP contribution >= 0.6 is 0 Å². The minimum Gasteiger partial charge on any atom is -0.473 e. The highest BCUT2D eigenvalue weighted by Crippen LogP contribution is 2.23. The van der Waals surface area contributed by atoms with E-state index >= 15 is 0 Å². The third-order valence-corrected chi connectivity index (χ3v) is 4.76. The molecule has 0 atom stereocenters. The molecule has 2 heterocycles. The van der Waals surface area contributed by atoms with E-state index in [4.69, 9.17) is 19.8 Å². The number of nitrogens with zero attached hydrogens (tertiary/aromatic N) is 2. The summed E-state index contributed by atoms with van der Waals surface area (Å²) in [6.07, 6.45) is 3.94. The van der Waals surface area contributed by atoms with Gasteiger partial charge < -0.3 is 20.1 Å². The van der Waals surface area contributed by atoms with Crippen LogP contribution in [0.1, 0.15) is 49.7 Å². The Balaban J connectivity index is 0.000000438. The van der Waals surface area contributed by atoms with E-state index in [1.54, 1.807) is 6.33 Å². The molecule has 3 rings (SSSR count). The minimum absolute atomic E-state index is 0.171. The van der Waals surface area contributed by atoms with E-state index in [1.165, 1.54) is 11.1 Å². The van der Waals surface area contributed by atoms with E-state index in [-0.39, 0.29) is 11.3 Å². The van der Waals surface area contributed by atoms with Crippen LogP contribution in [0.4, 0.5) is 0 Å². The quantitative estimate of drug-likeness (QED) is 0.679. The van der Waals surface area contributed by atoms with E-state index in [1.807, 2.05) is 4.90 Å². The zero-order chi connectivity index (χ0) is 21.6. The number of aryl methyl sites for hydroxylation is 1. The molecule has 1 amide bonds. The van der Waals surface area contributed by atoms with Crippen molar-refractivity contribution in [1.82, 2.24) is 14.9 Å². The Labute approximate surface area is 169 Å². The van der Waals surface area contributed by atoms with Crippen LogP contribution in [-0.4, -0.2) is 49.5 Å². The van der Waals surface area contributed by atoms with Gasteiger partial charge in [-0.3, -0.25) is 4.79 Å². The van der Waals surface area contributed by atoms with E-state index < -0.39 is 11.9 Å². The molecule has 1 aromatic carbocycles. The van der Waals surface area contributed by atoms with Gasteiger partial charge in [-0.1, -0.05) is 45.0 Å². The van der Waals surface area contributed by atoms with Crippen LogP contribution in [0.2, 0.25) is 0 Å². The molecular weight excluding hydrogens is 374 g/mol. The van der Waals surface area contributed by atoms with Crippen LogP contribution < -0.4 is 0 Å². The standard InChI is InChI=1S/C19H25N3O.C2H2O4/c1-19(2,3)15-7-4-14(5-8-15)6-9-18(23)22-11-10-16-17(12-22)21-13-20-16;3-1(4)2(5)6/h4-5,7-8,13H,6,9-12H2,1-3H3,(H,20,21);(H,3,4)(H,5,6). The van der Waals surface area contributed by atoms with Crippen LogP contribution in [0.3, 0.4) is 0 Å². The average molecular weight is 401 g/mol. The fourth-order valence-electron chi connectivity index (χ4n) is 3.01. The van der Waals surface area contributed by atoms with Crippen molar-refractivity contribution in [3.05, 3.63) is 53.1 Å². The number of aliphatic carboxylic acids is 2. The van der Waals surface area contributed by atoms with Crippen molar-refractivity contribution in [1.29, 1.82) is 0 Å². The lowest BCUT2D eigenvalue weighted by molar-refractivity contribution is -0.159. The van der Waals surface area contributed by atoms with Crippen LogP contribution in [0.15, 0.2) is 30.6 Å². The highest BCUT2D eigenvalue weighted by molar-refractivity contribution is 6.27. The Morgan fingerprint density at radius 1 is 1.10 bits per heavy atom. The highest BCUT2D eigenvalue weighted by atomic mass is 16.4. The number of carbonyl (C=O) groups is 3. The van der Waals surface area contributed by atoms with Crippen LogP contribution in [0, 0.1) is 0 Å². The van der Waals surface area contributed by atoms with Gasteiger partial charge in [0.05, 0.1) is 24.3 Å². The molecule has 0 saturated heterocycles. The second-order valence-corrected chi connectivity index (χ2v) is 7.95. The summed E-state index contributed by atoms with van der Waals surface area (Å²) in [6.45, 7) is 8.08. The lowest BCUT2D eigenvalue weighted by Gasteiger charge is -2.26. The van der Waals surface area contributed by atoms with Gasteiger partial charge in [0.2, 0.25) is 5.91 Å². The Bertz CT molecular complexity index is 853. The molecule has 2 aromatic rings.